The molecule has 8 heteroatoms. The molecular formula is C23H24F3N3O2. The number of piperidine rings is 1. The third kappa shape index (κ3) is 4.38. The Bertz CT molecular complexity index is 1070. The van der Waals surface area contributed by atoms with Crippen LogP contribution in [-0.2, 0) is 12.7 Å². The fourth-order valence-electron chi connectivity index (χ4n) is 4.15. The molecule has 1 amide bonds. The molecule has 5 nitrogen and oxygen atoms in total. The largest absolute Gasteiger partial charge is 0.493 e. The van der Waals surface area contributed by atoms with E-state index in [1.807, 2.05) is 13.0 Å². The van der Waals surface area contributed by atoms with Gasteiger partial charge in [0, 0.05) is 19.6 Å². The Balaban J connectivity index is 1.48. The molecule has 4 rings (SSSR count). The molecule has 1 aromatic heterocycles. The van der Waals surface area contributed by atoms with Crippen molar-refractivity contribution in [2.75, 3.05) is 19.7 Å². The molecule has 0 N–H and O–H groups in total. The number of hydrogen-bond acceptors (Lipinski definition) is 3. The quantitative estimate of drug-likeness (QED) is 0.571. The average Bonchev–Trinajstić information content (AvgIpc) is 3.14. The number of ether oxygens (including phenoxy) is 1. The van der Waals surface area contributed by atoms with Gasteiger partial charge in [-0.2, -0.15) is 13.2 Å². The molecule has 1 aliphatic rings. The lowest BCUT2D eigenvalue weighted by Crippen LogP contribution is -2.39. The van der Waals surface area contributed by atoms with Crippen LogP contribution in [0.15, 0.2) is 48.5 Å². The van der Waals surface area contributed by atoms with Crippen LogP contribution in [0.1, 0.15) is 35.9 Å². The van der Waals surface area contributed by atoms with Crippen LogP contribution in [0.4, 0.5) is 13.2 Å². The predicted molar refractivity (Wildman–Crippen MR) is 111 cm³/mol. The number of hydrogen-bond donors (Lipinski definition) is 0. The van der Waals surface area contributed by atoms with Crippen molar-refractivity contribution in [2.24, 2.45) is 5.92 Å². The highest BCUT2D eigenvalue weighted by molar-refractivity contribution is 5.97. The van der Waals surface area contributed by atoms with E-state index in [4.69, 9.17) is 4.74 Å². The molecule has 3 aromatic rings. The highest BCUT2D eigenvalue weighted by atomic mass is 19.4. The number of likely N-dealkylation sites (tertiary alicyclic amines) is 1. The first kappa shape index (κ1) is 21.2. The van der Waals surface area contributed by atoms with Gasteiger partial charge < -0.3 is 14.2 Å². The number of benzene rings is 2. The van der Waals surface area contributed by atoms with E-state index in [0.717, 1.165) is 0 Å². The number of rotatable bonds is 5. The number of carbonyl (C=O) groups excluding carboxylic acids is 1. The number of para-hydroxylation sites is 3. The van der Waals surface area contributed by atoms with Crippen molar-refractivity contribution in [3.05, 3.63) is 59.9 Å². The van der Waals surface area contributed by atoms with Crippen molar-refractivity contribution < 1.29 is 22.7 Å². The summed E-state index contributed by atoms with van der Waals surface area (Å²) in [7, 11) is 0. The first-order valence-corrected chi connectivity index (χ1v) is 10.4. The number of alkyl halides is 3. The van der Waals surface area contributed by atoms with E-state index in [1.165, 1.54) is 4.57 Å². The van der Waals surface area contributed by atoms with E-state index >= 15 is 0 Å². The summed E-state index contributed by atoms with van der Waals surface area (Å²) in [5, 5.41) is 0. The lowest BCUT2D eigenvalue weighted by atomic mass is 9.96. The maximum Gasteiger partial charge on any atom is 0.449 e. The molecule has 0 unspecified atom stereocenters. The predicted octanol–water partition coefficient (Wildman–Crippen LogP) is 5.01. The molecule has 2 heterocycles. The smallest absolute Gasteiger partial charge is 0.449 e. The monoisotopic (exact) mass is 431 g/mol. The zero-order chi connectivity index (χ0) is 22.0. The van der Waals surface area contributed by atoms with Gasteiger partial charge in [0.05, 0.1) is 23.2 Å². The minimum atomic E-state index is -4.52. The maximum atomic E-state index is 13.5. The van der Waals surface area contributed by atoms with Crippen molar-refractivity contribution in [3.8, 4) is 5.75 Å². The lowest BCUT2D eigenvalue weighted by Gasteiger charge is -2.33. The molecule has 0 radical (unpaired) electrons. The van der Waals surface area contributed by atoms with Gasteiger partial charge in [-0.3, -0.25) is 4.79 Å². The van der Waals surface area contributed by atoms with Crippen LogP contribution < -0.4 is 4.74 Å². The average molecular weight is 431 g/mol. The van der Waals surface area contributed by atoms with Crippen LogP contribution in [0.25, 0.3) is 11.0 Å². The van der Waals surface area contributed by atoms with Gasteiger partial charge >= 0.3 is 6.18 Å². The number of aromatic nitrogens is 2. The van der Waals surface area contributed by atoms with Crippen molar-refractivity contribution in [1.82, 2.24) is 14.5 Å². The molecule has 0 atom stereocenters. The van der Waals surface area contributed by atoms with Gasteiger partial charge in [0.2, 0.25) is 5.82 Å². The molecular weight excluding hydrogens is 407 g/mol. The minimum absolute atomic E-state index is 0.0323. The molecule has 0 aliphatic carbocycles. The second-order valence-electron chi connectivity index (χ2n) is 7.70. The Kier molecular flexibility index (Phi) is 5.89. The first-order valence-electron chi connectivity index (χ1n) is 10.4. The normalized spacial score (nSPS) is 15.4. The zero-order valence-corrected chi connectivity index (χ0v) is 17.2. The lowest BCUT2D eigenvalue weighted by molar-refractivity contribution is -0.147. The van der Waals surface area contributed by atoms with E-state index in [0.29, 0.717) is 54.9 Å². The van der Waals surface area contributed by atoms with E-state index < -0.39 is 12.0 Å². The van der Waals surface area contributed by atoms with Crippen LogP contribution >= 0.6 is 0 Å². The Hall–Kier alpha value is -3.03. The Morgan fingerprint density at radius 1 is 1.10 bits per heavy atom. The van der Waals surface area contributed by atoms with Crippen molar-refractivity contribution in [3.63, 3.8) is 0 Å². The fraction of sp³-hybridized carbons (Fsp3) is 0.391. The number of carbonyl (C=O) groups is 1. The molecule has 0 bridgehead atoms. The summed E-state index contributed by atoms with van der Waals surface area (Å²) in [6, 6.07) is 13.8. The fourth-order valence-corrected chi connectivity index (χ4v) is 4.15. The van der Waals surface area contributed by atoms with Gasteiger partial charge in [-0.1, -0.05) is 24.3 Å². The van der Waals surface area contributed by atoms with E-state index in [-0.39, 0.29) is 18.4 Å². The van der Waals surface area contributed by atoms with Crippen LogP contribution in [0, 0.1) is 5.92 Å². The van der Waals surface area contributed by atoms with Crippen molar-refractivity contribution in [2.45, 2.75) is 32.5 Å². The molecule has 0 spiro atoms. The van der Waals surface area contributed by atoms with E-state index in [1.54, 1.807) is 47.4 Å². The molecule has 0 saturated carbocycles. The number of imidazole rings is 1. The third-order valence-corrected chi connectivity index (χ3v) is 5.67. The van der Waals surface area contributed by atoms with Crippen molar-refractivity contribution in [1.29, 1.82) is 0 Å². The maximum absolute atomic E-state index is 13.5. The Labute approximate surface area is 178 Å². The zero-order valence-electron chi connectivity index (χ0n) is 17.2. The van der Waals surface area contributed by atoms with Gasteiger partial charge in [-0.05, 0) is 49.9 Å². The van der Waals surface area contributed by atoms with Crippen LogP contribution in [0.5, 0.6) is 5.75 Å². The molecule has 1 aliphatic heterocycles. The van der Waals surface area contributed by atoms with Crippen molar-refractivity contribution >= 4 is 16.9 Å². The topological polar surface area (TPSA) is 47.4 Å². The summed E-state index contributed by atoms with van der Waals surface area (Å²) in [6.45, 7) is 3.55. The van der Waals surface area contributed by atoms with Crippen LogP contribution in [0.2, 0.25) is 0 Å². The molecule has 31 heavy (non-hydrogen) atoms. The summed E-state index contributed by atoms with van der Waals surface area (Å²) in [4.78, 5) is 18.5. The standard InChI is InChI=1S/C23H24F3N3O2/c1-2-31-20-10-6-3-7-17(20)21(30)28-13-11-16(12-14-28)15-29-19-9-5-4-8-18(19)27-22(29)23(24,25)26/h3-10,16H,2,11-15H2,1H3. The SMILES string of the molecule is CCOc1ccccc1C(=O)N1CCC(Cn2c(C(F)(F)F)nc3ccccc32)CC1. The summed E-state index contributed by atoms with van der Waals surface area (Å²) in [5.41, 5.74) is 1.34. The Morgan fingerprint density at radius 2 is 1.77 bits per heavy atom. The second-order valence-corrected chi connectivity index (χ2v) is 7.70. The number of amides is 1. The molecule has 1 fully saturated rings. The number of halogens is 3. The highest BCUT2D eigenvalue weighted by Gasteiger charge is 2.38. The summed E-state index contributed by atoms with van der Waals surface area (Å²) in [6.07, 6.45) is -3.25. The minimum Gasteiger partial charge on any atom is -0.493 e. The summed E-state index contributed by atoms with van der Waals surface area (Å²) < 4.78 is 47.5. The first-order chi connectivity index (χ1) is 14.9. The van der Waals surface area contributed by atoms with Crippen LogP contribution in [-0.4, -0.2) is 40.1 Å². The number of fused-ring (bicyclic) bond motifs is 1. The van der Waals surface area contributed by atoms with E-state index in [9.17, 15) is 18.0 Å². The number of nitrogens with zero attached hydrogens (tertiary/aromatic N) is 3. The van der Waals surface area contributed by atoms with E-state index in [2.05, 4.69) is 4.98 Å². The van der Waals surface area contributed by atoms with Crippen LogP contribution in [0.3, 0.4) is 0 Å². The molecule has 164 valence electrons. The second kappa shape index (κ2) is 8.61. The van der Waals surface area contributed by atoms with Gasteiger partial charge in [-0.25, -0.2) is 4.98 Å². The van der Waals surface area contributed by atoms with Gasteiger partial charge in [-0.15, -0.1) is 0 Å². The van der Waals surface area contributed by atoms with Gasteiger partial charge in [0.25, 0.3) is 5.91 Å². The Morgan fingerprint density at radius 3 is 2.48 bits per heavy atom. The molecule has 2 aromatic carbocycles. The van der Waals surface area contributed by atoms with Gasteiger partial charge in [0.15, 0.2) is 0 Å². The van der Waals surface area contributed by atoms with Gasteiger partial charge in [0.1, 0.15) is 5.75 Å². The third-order valence-electron chi connectivity index (χ3n) is 5.67. The highest BCUT2D eigenvalue weighted by Crippen LogP contribution is 2.33. The molecule has 1 saturated heterocycles. The summed E-state index contributed by atoms with van der Waals surface area (Å²) >= 11 is 0. The summed E-state index contributed by atoms with van der Waals surface area (Å²) in [5.74, 6) is -0.383.